The molecule has 0 aliphatic carbocycles. The van der Waals surface area contributed by atoms with Crippen LogP contribution in [0, 0.1) is 12.7 Å². The number of anilines is 1. The van der Waals surface area contributed by atoms with Crippen LogP contribution in [0.3, 0.4) is 0 Å². The van der Waals surface area contributed by atoms with Crippen molar-refractivity contribution >= 4 is 38.9 Å². The van der Waals surface area contributed by atoms with Gasteiger partial charge in [-0.05, 0) is 52.7 Å². The van der Waals surface area contributed by atoms with E-state index < -0.39 is 5.97 Å². The number of hydrogen-bond donors (Lipinski definition) is 2. The number of hydrogen-bond acceptors (Lipinski definition) is 3. The summed E-state index contributed by atoms with van der Waals surface area (Å²) in [6.45, 7) is 2.35. The Balaban J connectivity index is 2.09. The Morgan fingerprint density at radius 2 is 2.21 bits per heavy atom. The molecule has 2 rings (SSSR count). The number of carbonyl (C=O) groups is 1. The molecule has 3 nitrogen and oxygen atoms in total. The van der Waals surface area contributed by atoms with Crippen LogP contribution < -0.4 is 5.32 Å². The number of benzene rings is 1. The summed E-state index contributed by atoms with van der Waals surface area (Å²) in [7, 11) is 0. The van der Waals surface area contributed by atoms with Crippen LogP contribution in [0.4, 0.5) is 10.1 Å². The van der Waals surface area contributed by atoms with Crippen LogP contribution >= 0.6 is 27.3 Å². The Labute approximate surface area is 122 Å². The molecule has 1 heterocycles. The minimum atomic E-state index is -0.929. The monoisotopic (exact) mass is 343 g/mol. The van der Waals surface area contributed by atoms with Gasteiger partial charge in [-0.2, -0.15) is 0 Å². The lowest BCUT2D eigenvalue weighted by molar-refractivity contribution is 0.0702. The fourth-order valence-corrected chi connectivity index (χ4v) is 2.85. The van der Waals surface area contributed by atoms with Gasteiger partial charge in [-0.15, -0.1) is 11.3 Å². The molecule has 6 heteroatoms. The Kier molecular flexibility index (Phi) is 4.21. The van der Waals surface area contributed by atoms with Gasteiger partial charge in [0.15, 0.2) is 0 Å². The summed E-state index contributed by atoms with van der Waals surface area (Å²) in [6, 6.07) is 6.45. The van der Waals surface area contributed by atoms with Crippen molar-refractivity contribution in [2.24, 2.45) is 0 Å². The molecule has 0 atom stereocenters. The number of aryl methyl sites for hydroxylation is 1. The highest BCUT2D eigenvalue weighted by Gasteiger charge is 2.08. The van der Waals surface area contributed by atoms with E-state index in [4.69, 9.17) is 5.11 Å². The highest BCUT2D eigenvalue weighted by molar-refractivity contribution is 9.10. The number of thiophene rings is 1. The average Bonchev–Trinajstić information content (AvgIpc) is 2.81. The largest absolute Gasteiger partial charge is 0.477 e. The quantitative estimate of drug-likeness (QED) is 0.871. The molecule has 0 saturated heterocycles. The van der Waals surface area contributed by atoms with E-state index in [0.717, 1.165) is 10.4 Å². The zero-order chi connectivity index (χ0) is 14.0. The smallest absolute Gasteiger partial charge is 0.345 e. The third-order valence-electron chi connectivity index (χ3n) is 2.59. The summed E-state index contributed by atoms with van der Waals surface area (Å²) < 4.78 is 13.9. The molecule has 0 radical (unpaired) electrons. The molecule has 0 fully saturated rings. The Hall–Kier alpha value is -1.40. The number of halogens is 2. The fraction of sp³-hybridized carbons (Fsp3) is 0.154. The topological polar surface area (TPSA) is 49.3 Å². The van der Waals surface area contributed by atoms with Crippen LogP contribution in [0.2, 0.25) is 0 Å². The molecule has 0 bridgehead atoms. The molecular weight excluding hydrogens is 333 g/mol. The van der Waals surface area contributed by atoms with Crippen LogP contribution in [0.1, 0.15) is 20.1 Å². The second kappa shape index (κ2) is 5.71. The minimum Gasteiger partial charge on any atom is -0.477 e. The Bertz CT molecular complexity index is 627. The van der Waals surface area contributed by atoms with Gasteiger partial charge in [0.2, 0.25) is 0 Å². The summed E-state index contributed by atoms with van der Waals surface area (Å²) in [6.07, 6.45) is 0. The zero-order valence-electron chi connectivity index (χ0n) is 10.0. The van der Waals surface area contributed by atoms with Gasteiger partial charge < -0.3 is 10.4 Å². The van der Waals surface area contributed by atoms with Crippen molar-refractivity contribution in [3.8, 4) is 0 Å². The van der Waals surface area contributed by atoms with Crippen molar-refractivity contribution in [2.75, 3.05) is 5.32 Å². The van der Waals surface area contributed by atoms with E-state index in [1.807, 2.05) is 6.92 Å². The molecule has 0 unspecified atom stereocenters. The van der Waals surface area contributed by atoms with E-state index in [-0.39, 0.29) is 5.82 Å². The van der Waals surface area contributed by atoms with Crippen LogP contribution in [0.25, 0.3) is 0 Å². The van der Waals surface area contributed by atoms with Crippen molar-refractivity contribution < 1.29 is 14.3 Å². The first-order valence-electron chi connectivity index (χ1n) is 5.49. The lowest BCUT2D eigenvalue weighted by Gasteiger charge is -2.09. The molecule has 0 aliphatic heterocycles. The SMILES string of the molecule is Cc1cc(Br)c(F)cc1NCc1ccc(C(=O)O)s1. The van der Waals surface area contributed by atoms with E-state index in [0.29, 0.717) is 21.6 Å². The van der Waals surface area contributed by atoms with Gasteiger partial charge >= 0.3 is 5.97 Å². The molecule has 0 aliphatic rings. The van der Waals surface area contributed by atoms with Crippen LogP contribution in [0.15, 0.2) is 28.7 Å². The maximum absolute atomic E-state index is 13.4. The van der Waals surface area contributed by atoms with E-state index in [1.54, 1.807) is 18.2 Å². The van der Waals surface area contributed by atoms with Crippen LogP contribution in [-0.2, 0) is 6.54 Å². The molecule has 1 aromatic heterocycles. The predicted octanol–water partition coefficient (Wildman–Crippen LogP) is 4.27. The number of rotatable bonds is 4. The van der Waals surface area contributed by atoms with E-state index in [1.165, 1.54) is 17.4 Å². The third kappa shape index (κ3) is 3.33. The molecule has 2 N–H and O–H groups in total. The molecule has 1 aromatic carbocycles. The second-order valence-electron chi connectivity index (χ2n) is 4.01. The second-order valence-corrected chi connectivity index (χ2v) is 6.03. The summed E-state index contributed by atoms with van der Waals surface area (Å²) in [5.41, 5.74) is 1.62. The van der Waals surface area contributed by atoms with Crippen molar-refractivity contribution in [2.45, 2.75) is 13.5 Å². The van der Waals surface area contributed by atoms with Gasteiger partial charge in [0.05, 0.1) is 4.47 Å². The van der Waals surface area contributed by atoms with Crippen LogP contribution in [-0.4, -0.2) is 11.1 Å². The van der Waals surface area contributed by atoms with Crippen molar-refractivity contribution in [3.05, 3.63) is 49.9 Å². The lowest BCUT2D eigenvalue weighted by Crippen LogP contribution is -2.00. The molecule has 19 heavy (non-hydrogen) atoms. The summed E-state index contributed by atoms with van der Waals surface area (Å²) in [4.78, 5) is 12.0. The number of aromatic carboxylic acids is 1. The molecule has 0 amide bonds. The zero-order valence-corrected chi connectivity index (χ0v) is 12.4. The van der Waals surface area contributed by atoms with Gasteiger partial charge in [0.1, 0.15) is 10.7 Å². The predicted molar refractivity (Wildman–Crippen MR) is 77.4 cm³/mol. The maximum atomic E-state index is 13.4. The van der Waals surface area contributed by atoms with Gasteiger partial charge in [0.25, 0.3) is 0 Å². The summed E-state index contributed by atoms with van der Waals surface area (Å²) in [5.74, 6) is -1.26. The number of carboxylic acids is 1. The average molecular weight is 344 g/mol. The third-order valence-corrected chi connectivity index (χ3v) is 4.27. The Morgan fingerprint density at radius 1 is 1.47 bits per heavy atom. The molecule has 0 saturated carbocycles. The fourth-order valence-electron chi connectivity index (χ4n) is 1.61. The van der Waals surface area contributed by atoms with E-state index >= 15 is 0 Å². The molecular formula is C13H11BrFNO2S. The first kappa shape index (κ1) is 14.0. The summed E-state index contributed by atoms with van der Waals surface area (Å²) in [5, 5.41) is 11.9. The Morgan fingerprint density at radius 3 is 2.84 bits per heavy atom. The van der Waals surface area contributed by atoms with Gasteiger partial charge in [-0.25, -0.2) is 9.18 Å². The molecule has 2 aromatic rings. The normalized spacial score (nSPS) is 10.5. The molecule has 0 spiro atoms. The maximum Gasteiger partial charge on any atom is 0.345 e. The first-order chi connectivity index (χ1) is 8.97. The van der Waals surface area contributed by atoms with Crippen molar-refractivity contribution in [1.82, 2.24) is 0 Å². The van der Waals surface area contributed by atoms with Gasteiger partial charge in [-0.1, -0.05) is 0 Å². The number of carboxylic acid groups (broad SMARTS) is 1. The summed E-state index contributed by atoms with van der Waals surface area (Å²) >= 11 is 4.34. The standard InChI is InChI=1S/C13H11BrFNO2S/c1-7-4-9(14)10(15)5-11(7)16-6-8-2-3-12(19-8)13(17)18/h2-5,16H,6H2,1H3,(H,17,18). The lowest BCUT2D eigenvalue weighted by atomic mass is 10.2. The highest BCUT2D eigenvalue weighted by Crippen LogP contribution is 2.25. The van der Waals surface area contributed by atoms with Crippen molar-refractivity contribution in [3.63, 3.8) is 0 Å². The van der Waals surface area contributed by atoms with E-state index in [2.05, 4.69) is 21.2 Å². The van der Waals surface area contributed by atoms with E-state index in [9.17, 15) is 9.18 Å². The highest BCUT2D eigenvalue weighted by atomic mass is 79.9. The van der Waals surface area contributed by atoms with Crippen molar-refractivity contribution in [1.29, 1.82) is 0 Å². The number of nitrogens with one attached hydrogen (secondary N) is 1. The van der Waals surface area contributed by atoms with Gasteiger partial charge in [-0.3, -0.25) is 0 Å². The first-order valence-corrected chi connectivity index (χ1v) is 7.10. The molecule has 100 valence electrons. The van der Waals surface area contributed by atoms with Gasteiger partial charge in [0, 0.05) is 17.1 Å². The minimum absolute atomic E-state index is 0.301. The van der Waals surface area contributed by atoms with Crippen LogP contribution in [0.5, 0.6) is 0 Å².